The molecule has 17 heavy (non-hydrogen) atoms. The van der Waals surface area contributed by atoms with Crippen molar-refractivity contribution < 1.29 is 23.4 Å². The maximum Gasteiger partial charge on any atom is 0.303 e. The topological polar surface area (TPSA) is 46.5 Å². The van der Waals surface area contributed by atoms with Crippen LogP contribution < -0.4 is 0 Å². The summed E-state index contributed by atoms with van der Waals surface area (Å²) in [5, 5.41) is 8.45. The highest BCUT2D eigenvalue weighted by atomic mass is 19.2. The smallest absolute Gasteiger partial charge is 0.303 e. The molecule has 0 aliphatic carbocycles. The van der Waals surface area contributed by atoms with Crippen molar-refractivity contribution in [1.82, 2.24) is 0 Å². The maximum atomic E-state index is 13.5. The van der Waals surface area contributed by atoms with E-state index in [0.717, 1.165) is 0 Å². The molecule has 0 atom stereocenters. The van der Waals surface area contributed by atoms with Gasteiger partial charge in [0.1, 0.15) is 0 Å². The zero-order chi connectivity index (χ0) is 12.8. The number of hydrogen-bond acceptors (Lipinski definition) is 2. The molecule has 1 N–H and O–H groups in total. The lowest BCUT2D eigenvalue weighted by Gasteiger charge is -2.07. The summed E-state index contributed by atoms with van der Waals surface area (Å²) in [6.45, 7) is 0.0121. The highest BCUT2D eigenvalue weighted by Gasteiger charge is 2.13. The number of hydrogen-bond donors (Lipinski definition) is 1. The van der Waals surface area contributed by atoms with Gasteiger partial charge in [-0.15, -0.1) is 0 Å². The molecule has 5 heteroatoms. The Morgan fingerprint density at radius 3 is 2.47 bits per heavy atom. The Kier molecular flexibility index (Phi) is 5.03. The Morgan fingerprint density at radius 1 is 1.29 bits per heavy atom. The largest absolute Gasteiger partial charge is 0.481 e. The minimum atomic E-state index is -0.943. The Balaban J connectivity index is 2.74. The number of aliphatic carboxylic acids is 1. The molecule has 0 bridgehead atoms. The van der Waals surface area contributed by atoms with E-state index in [2.05, 4.69) is 0 Å². The number of carboxylic acid groups (broad SMARTS) is 1. The second kappa shape index (κ2) is 6.30. The zero-order valence-corrected chi connectivity index (χ0v) is 9.50. The van der Waals surface area contributed by atoms with E-state index >= 15 is 0 Å². The molecule has 1 aromatic carbocycles. The lowest BCUT2D eigenvalue weighted by atomic mass is 10.0. The normalized spacial score (nSPS) is 10.5. The van der Waals surface area contributed by atoms with Crippen LogP contribution in [0.25, 0.3) is 0 Å². The minimum Gasteiger partial charge on any atom is -0.481 e. The van der Waals surface area contributed by atoms with Crippen LogP contribution >= 0.6 is 0 Å². The predicted octanol–water partition coefficient (Wildman–Crippen LogP) is 2.52. The third-order valence-electron chi connectivity index (χ3n) is 2.38. The fourth-order valence-electron chi connectivity index (χ4n) is 1.52. The lowest BCUT2D eigenvalue weighted by molar-refractivity contribution is -0.137. The van der Waals surface area contributed by atoms with Crippen molar-refractivity contribution in [2.75, 3.05) is 7.11 Å². The first kappa shape index (κ1) is 13.6. The number of benzene rings is 1. The molecule has 0 fully saturated rings. The predicted molar refractivity (Wildman–Crippen MR) is 57.6 cm³/mol. The molecule has 0 radical (unpaired) electrons. The SMILES string of the molecule is COCc1ccc(CCCC(=O)O)c(F)c1F. The van der Waals surface area contributed by atoms with Gasteiger partial charge in [0.05, 0.1) is 6.61 Å². The minimum absolute atomic E-state index is 0.0121. The van der Waals surface area contributed by atoms with Crippen LogP contribution in [0.2, 0.25) is 0 Å². The highest BCUT2D eigenvalue weighted by molar-refractivity contribution is 5.66. The summed E-state index contributed by atoms with van der Waals surface area (Å²) in [5.41, 5.74) is 0.357. The van der Waals surface area contributed by atoms with E-state index in [4.69, 9.17) is 9.84 Å². The summed E-state index contributed by atoms with van der Waals surface area (Å²) >= 11 is 0. The summed E-state index contributed by atoms with van der Waals surface area (Å²) in [7, 11) is 1.40. The number of carboxylic acids is 1. The van der Waals surface area contributed by atoms with Gasteiger partial charge in [-0.25, -0.2) is 8.78 Å². The average molecular weight is 244 g/mol. The van der Waals surface area contributed by atoms with Crippen LogP contribution in [0.15, 0.2) is 12.1 Å². The van der Waals surface area contributed by atoms with Gasteiger partial charge in [-0.3, -0.25) is 4.79 Å². The van der Waals surface area contributed by atoms with E-state index in [1.54, 1.807) is 0 Å². The molecule has 0 aromatic heterocycles. The maximum absolute atomic E-state index is 13.5. The van der Waals surface area contributed by atoms with Gasteiger partial charge in [-0.1, -0.05) is 12.1 Å². The van der Waals surface area contributed by atoms with Crippen LogP contribution in [-0.2, 0) is 22.6 Å². The summed E-state index contributed by atoms with van der Waals surface area (Å²) in [5.74, 6) is -2.77. The molecule has 1 rings (SSSR count). The third kappa shape index (κ3) is 3.78. The van der Waals surface area contributed by atoms with Gasteiger partial charge >= 0.3 is 5.97 Å². The number of ether oxygens (including phenoxy) is 1. The van der Waals surface area contributed by atoms with Crippen molar-refractivity contribution in [1.29, 1.82) is 0 Å². The van der Waals surface area contributed by atoms with E-state index in [1.165, 1.54) is 19.2 Å². The van der Waals surface area contributed by atoms with Gasteiger partial charge in [0.2, 0.25) is 0 Å². The fourth-order valence-corrected chi connectivity index (χ4v) is 1.52. The number of rotatable bonds is 6. The molecule has 0 unspecified atom stereocenters. The van der Waals surface area contributed by atoms with E-state index in [0.29, 0.717) is 0 Å². The van der Waals surface area contributed by atoms with Crippen LogP contribution in [0.1, 0.15) is 24.0 Å². The average Bonchev–Trinajstić information content (AvgIpc) is 2.28. The fraction of sp³-hybridized carbons (Fsp3) is 0.417. The van der Waals surface area contributed by atoms with Gasteiger partial charge in [-0.05, 0) is 18.4 Å². The summed E-state index contributed by atoms with van der Waals surface area (Å²) in [4.78, 5) is 10.3. The second-order valence-corrected chi connectivity index (χ2v) is 3.69. The van der Waals surface area contributed by atoms with Crippen LogP contribution in [0.4, 0.5) is 8.78 Å². The molecule has 0 spiro atoms. The van der Waals surface area contributed by atoms with E-state index in [1.807, 2.05) is 0 Å². The van der Waals surface area contributed by atoms with Crippen molar-refractivity contribution >= 4 is 5.97 Å². The van der Waals surface area contributed by atoms with Crippen LogP contribution in [0.3, 0.4) is 0 Å². The second-order valence-electron chi connectivity index (χ2n) is 3.69. The molecule has 3 nitrogen and oxygen atoms in total. The van der Waals surface area contributed by atoms with Gasteiger partial charge in [0.25, 0.3) is 0 Å². The van der Waals surface area contributed by atoms with Gasteiger partial charge in [0.15, 0.2) is 11.6 Å². The molecule has 1 aromatic rings. The molecular weight excluding hydrogens is 230 g/mol. The Morgan fingerprint density at radius 2 is 1.88 bits per heavy atom. The van der Waals surface area contributed by atoms with E-state index in [-0.39, 0.29) is 37.0 Å². The molecule has 0 saturated heterocycles. The van der Waals surface area contributed by atoms with Crippen LogP contribution in [0, 0.1) is 11.6 Å². The van der Waals surface area contributed by atoms with Crippen molar-refractivity contribution in [2.45, 2.75) is 25.9 Å². The number of halogens is 2. The number of aryl methyl sites for hydroxylation is 1. The van der Waals surface area contributed by atoms with Crippen molar-refractivity contribution in [3.63, 3.8) is 0 Å². The van der Waals surface area contributed by atoms with Crippen LogP contribution in [-0.4, -0.2) is 18.2 Å². The highest BCUT2D eigenvalue weighted by Crippen LogP contribution is 2.18. The van der Waals surface area contributed by atoms with E-state index < -0.39 is 17.6 Å². The number of carbonyl (C=O) groups is 1. The lowest BCUT2D eigenvalue weighted by Crippen LogP contribution is -2.02. The first-order chi connectivity index (χ1) is 8.06. The first-order valence-corrected chi connectivity index (χ1v) is 5.22. The van der Waals surface area contributed by atoms with Crippen molar-refractivity contribution in [2.24, 2.45) is 0 Å². The summed E-state index contributed by atoms with van der Waals surface area (Å²) in [6, 6.07) is 2.92. The standard InChI is InChI=1S/C12H14F2O3/c1-17-7-9-6-5-8(11(13)12(9)14)3-2-4-10(15)16/h5-6H,2-4,7H2,1H3,(H,15,16). The van der Waals surface area contributed by atoms with Crippen molar-refractivity contribution in [3.05, 3.63) is 34.9 Å². The Hall–Kier alpha value is -1.49. The van der Waals surface area contributed by atoms with Crippen LogP contribution in [0.5, 0.6) is 0 Å². The molecule has 0 aliphatic heterocycles. The van der Waals surface area contributed by atoms with Gasteiger partial charge in [0, 0.05) is 19.1 Å². The third-order valence-corrected chi connectivity index (χ3v) is 2.38. The van der Waals surface area contributed by atoms with Crippen molar-refractivity contribution in [3.8, 4) is 0 Å². The van der Waals surface area contributed by atoms with E-state index in [9.17, 15) is 13.6 Å². The van der Waals surface area contributed by atoms with Gasteiger partial charge < -0.3 is 9.84 Å². The van der Waals surface area contributed by atoms with Gasteiger partial charge in [-0.2, -0.15) is 0 Å². The molecule has 0 amide bonds. The quantitative estimate of drug-likeness (QED) is 0.836. The summed E-state index contributed by atoms with van der Waals surface area (Å²) in [6.07, 6.45) is 0.443. The molecule has 94 valence electrons. The monoisotopic (exact) mass is 244 g/mol. The summed E-state index contributed by atoms with van der Waals surface area (Å²) < 4.78 is 31.7. The molecule has 0 heterocycles. The Labute approximate surface area is 98.0 Å². The first-order valence-electron chi connectivity index (χ1n) is 5.22. The molecular formula is C12H14F2O3. The zero-order valence-electron chi connectivity index (χ0n) is 9.50. The molecule has 0 aliphatic rings. The Bertz CT molecular complexity index is 405. The molecule has 0 saturated carbocycles. The number of methoxy groups -OCH3 is 1.